The molecule has 26 heavy (non-hydrogen) atoms. The van der Waals surface area contributed by atoms with Gasteiger partial charge in [0, 0.05) is 10.9 Å². The molecule has 0 saturated heterocycles. The zero-order chi connectivity index (χ0) is 19.3. The van der Waals surface area contributed by atoms with Crippen molar-refractivity contribution in [3.63, 3.8) is 0 Å². The molecule has 0 aliphatic heterocycles. The Morgan fingerprint density at radius 1 is 1.08 bits per heavy atom. The number of benzene rings is 2. The van der Waals surface area contributed by atoms with E-state index in [1.54, 1.807) is 0 Å². The highest BCUT2D eigenvalue weighted by Crippen LogP contribution is 2.30. The van der Waals surface area contributed by atoms with Crippen molar-refractivity contribution in [2.75, 3.05) is 11.9 Å². The van der Waals surface area contributed by atoms with E-state index < -0.39 is 0 Å². The van der Waals surface area contributed by atoms with E-state index in [-0.39, 0.29) is 11.3 Å². The third-order valence-corrected chi connectivity index (χ3v) is 5.28. The first kappa shape index (κ1) is 21.0. The van der Waals surface area contributed by atoms with E-state index >= 15 is 0 Å². The third kappa shape index (κ3) is 6.13. The van der Waals surface area contributed by atoms with E-state index in [1.807, 2.05) is 31.2 Å². The lowest BCUT2D eigenvalue weighted by atomic mass is 9.87. The molecule has 0 unspecified atom stereocenters. The fourth-order valence-electron chi connectivity index (χ4n) is 2.43. The monoisotopic (exact) mass is 481 g/mol. The van der Waals surface area contributed by atoms with E-state index in [0.29, 0.717) is 19.4 Å². The second kappa shape index (κ2) is 9.05. The van der Waals surface area contributed by atoms with Gasteiger partial charge in [0.25, 0.3) is 0 Å². The summed E-state index contributed by atoms with van der Waals surface area (Å²) in [6.45, 7) is 9.03. The molecule has 2 aromatic rings. The molecule has 2 aromatic carbocycles. The molecule has 0 atom stereocenters. The van der Waals surface area contributed by atoms with Gasteiger partial charge in [0.05, 0.1) is 16.8 Å². The predicted octanol–water partition coefficient (Wildman–Crippen LogP) is 6.62. The van der Waals surface area contributed by atoms with Crippen LogP contribution in [0.3, 0.4) is 0 Å². The molecule has 3 nitrogen and oxygen atoms in total. The summed E-state index contributed by atoms with van der Waals surface area (Å²) in [5, 5.41) is 2.96. The summed E-state index contributed by atoms with van der Waals surface area (Å²) in [7, 11) is 0. The standard InChI is InChI=1S/C21H25Br2NO2/c1-14-7-10-19(17(23)12-14)26-11-5-6-20(25)24-18-9-8-15(13-16(18)22)21(2,3)4/h7-10,12-13H,5-6,11H2,1-4H3,(H,24,25). The van der Waals surface area contributed by atoms with Gasteiger partial charge in [-0.2, -0.15) is 0 Å². The van der Waals surface area contributed by atoms with E-state index in [4.69, 9.17) is 4.74 Å². The maximum absolute atomic E-state index is 12.2. The molecule has 0 spiro atoms. The van der Waals surface area contributed by atoms with Gasteiger partial charge in [0.15, 0.2) is 0 Å². The molecule has 1 amide bonds. The molecule has 0 aromatic heterocycles. The SMILES string of the molecule is Cc1ccc(OCCCC(=O)Nc2ccc(C(C)(C)C)cc2Br)c(Br)c1. The van der Waals surface area contributed by atoms with E-state index in [1.165, 1.54) is 11.1 Å². The summed E-state index contributed by atoms with van der Waals surface area (Å²) in [5.74, 6) is 0.789. The predicted molar refractivity (Wildman–Crippen MR) is 115 cm³/mol. The summed E-state index contributed by atoms with van der Waals surface area (Å²) in [6.07, 6.45) is 1.07. The molecule has 0 aliphatic carbocycles. The zero-order valence-corrected chi connectivity index (χ0v) is 18.8. The van der Waals surface area contributed by atoms with Crippen molar-refractivity contribution in [2.45, 2.75) is 46.0 Å². The Morgan fingerprint density at radius 3 is 2.42 bits per heavy atom. The molecule has 0 heterocycles. The van der Waals surface area contributed by atoms with Crippen LogP contribution in [0.5, 0.6) is 5.75 Å². The second-order valence-electron chi connectivity index (χ2n) is 7.38. The summed E-state index contributed by atoms with van der Waals surface area (Å²) >= 11 is 7.04. The van der Waals surface area contributed by atoms with Gasteiger partial charge in [-0.1, -0.05) is 32.9 Å². The molecule has 0 fully saturated rings. The lowest BCUT2D eigenvalue weighted by Crippen LogP contribution is -2.15. The van der Waals surface area contributed by atoms with Crippen molar-refractivity contribution in [3.05, 3.63) is 56.5 Å². The van der Waals surface area contributed by atoms with Crippen molar-refractivity contribution in [2.24, 2.45) is 0 Å². The molecule has 5 heteroatoms. The van der Waals surface area contributed by atoms with Crippen LogP contribution in [0.25, 0.3) is 0 Å². The minimum atomic E-state index is -0.0132. The summed E-state index contributed by atoms with van der Waals surface area (Å²) in [5.41, 5.74) is 3.27. The molecule has 1 N–H and O–H groups in total. The largest absolute Gasteiger partial charge is 0.492 e. The number of anilines is 1. The molecule has 0 radical (unpaired) electrons. The topological polar surface area (TPSA) is 38.3 Å². The van der Waals surface area contributed by atoms with E-state index in [9.17, 15) is 4.79 Å². The molecule has 140 valence electrons. The molecule has 0 aliphatic rings. The average molecular weight is 483 g/mol. The first-order valence-corrected chi connectivity index (χ1v) is 10.2. The third-order valence-electron chi connectivity index (χ3n) is 4.00. The maximum Gasteiger partial charge on any atom is 0.224 e. The number of hydrogen-bond acceptors (Lipinski definition) is 2. The van der Waals surface area contributed by atoms with Gasteiger partial charge in [-0.25, -0.2) is 0 Å². The number of halogens is 2. The molecule has 2 rings (SSSR count). The Kier molecular flexibility index (Phi) is 7.30. The van der Waals surface area contributed by atoms with Crippen molar-refractivity contribution < 1.29 is 9.53 Å². The summed E-state index contributed by atoms with van der Waals surface area (Å²) in [4.78, 5) is 12.2. The average Bonchev–Trinajstić information content (AvgIpc) is 2.54. The minimum Gasteiger partial charge on any atom is -0.492 e. The number of ether oxygens (including phenoxy) is 1. The first-order valence-electron chi connectivity index (χ1n) is 8.65. The molecular formula is C21H25Br2NO2. The number of hydrogen-bond donors (Lipinski definition) is 1. The van der Waals surface area contributed by atoms with Gasteiger partial charge in [-0.15, -0.1) is 0 Å². The Labute approximate surface area is 172 Å². The molecule has 0 bridgehead atoms. The van der Waals surface area contributed by atoms with Gasteiger partial charge in [-0.3, -0.25) is 4.79 Å². The van der Waals surface area contributed by atoms with Crippen LogP contribution in [0.4, 0.5) is 5.69 Å². The Balaban J connectivity index is 1.82. The summed E-state index contributed by atoms with van der Waals surface area (Å²) < 4.78 is 7.57. The summed E-state index contributed by atoms with van der Waals surface area (Å²) in [6, 6.07) is 12.0. The smallest absolute Gasteiger partial charge is 0.224 e. The van der Waals surface area contributed by atoms with Gasteiger partial charge in [-0.05, 0) is 86.0 Å². The quantitative estimate of drug-likeness (QED) is 0.470. The molecular weight excluding hydrogens is 458 g/mol. The van der Waals surface area contributed by atoms with Crippen LogP contribution in [0.2, 0.25) is 0 Å². The highest BCUT2D eigenvalue weighted by molar-refractivity contribution is 9.11. The molecule has 0 saturated carbocycles. The second-order valence-corrected chi connectivity index (χ2v) is 9.09. The number of aryl methyl sites for hydroxylation is 1. The maximum atomic E-state index is 12.2. The van der Waals surface area contributed by atoms with Crippen LogP contribution in [0.1, 0.15) is 44.7 Å². The number of amides is 1. The highest BCUT2D eigenvalue weighted by atomic mass is 79.9. The Bertz CT molecular complexity index is 782. The van der Waals surface area contributed by atoms with E-state index in [2.05, 4.69) is 70.1 Å². The zero-order valence-electron chi connectivity index (χ0n) is 15.7. The number of rotatable bonds is 6. The number of carbonyl (C=O) groups excluding carboxylic acids is 1. The van der Waals surface area contributed by atoms with Crippen molar-refractivity contribution in [1.29, 1.82) is 0 Å². The van der Waals surface area contributed by atoms with Crippen LogP contribution in [-0.2, 0) is 10.2 Å². The van der Waals surface area contributed by atoms with Crippen LogP contribution in [-0.4, -0.2) is 12.5 Å². The Hall–Kier alpha value is -1.33. The minimum absolute atomic E-state index is 0.0132. The highest BCUT2D eigenvalue weighted by Gasteiger charge is 2.15. The van der Waals surface area contributed by atoms with Crippen LogP contribution in [0, 0.1) is 6.92 Å². The van der Waals surface area contributed by atoms with Gasteiger partial charge in [0.1, 0.15) is 5.75 Å². The first-order chi connectivity index (χ1) is 12.2. The van der Waals surface area contributed by atoms with Gasteiger partial charge in [0.2, 0.25) is 5.91 Å². The van der Waals surface area contributed by atoms with E-state index in [0.717, 1.165) is 20.4 Å². The van der Waals surface area contributed by atoms with Crippen LogP contribution < -0.4 is 10.1 Å². The van der Waals surface area contributed by atoms with Crippen LogP contribution >= 0.6 is 31.9 Å². The van der Waals surface area contributed by atoms with Gasteiger partial charge >= 0.3 is 0 Å². The number of nitrogens with one attached hydrogen (secondary N) is 1. The van der Waals surface area contributed by atoms with Gasteiger partial charge < -0.3 is 10.1 Å². The van der Waals surface area contributed by atoms with Crippen molar-refractivity contribution in [1.82, 2.24) is 0 Å². The lowest BCUT2D eigenvalue weighted by molar-refractivity contribution is -0.116. The van der Waals surface area contributed by atoms with Crippen molar-refractivity contribution >= 4 is 43.5 Å². The fraction of sp³-hybridized carbons (Fsp3) is 0.381. The van der Waals surface area contributed by atoms with Crippen LogP contribution in [0.15, 0.2) is 45.3 Å². The normalized spacial score (nSPS) is 11.3. The Morgan fingerprint density at radius 2 is 1.81 bits per heavy atom. The lowest BCUT2D eigenvalue weighted by Gasteiger charge is -2.20. The fourth-order valence-corrected chi connectivity index (χ4v) is 3.52. The number of carbonyl (C=O) groups is 1. The van der Waals surface area contributed by atoms with Crippen molar-refractivity contribution in [3.8, 4) is 5.75 Å².